The standard InChI is InChI=1S/C10H11ClF3N3/c1-17(5-10(12,13)14)8-4-6(11)2-3-7(8)9(15)16/h2-4H,5H2,1H3,(H3,15,16). The highest BCUT2D eigenvalue weighted by molar-refractivity contribution is 6.31. The molecule has 0 heterocycles. The SMILES string of the molecule is CN(CC(F)(F)F)c1cc(Cl)ccc1C(=N)N. The fourth-order valence-corrected chi connectivity index (χ4v) is 1.57. The Balaban J connectivity index is 3.10. The summed E-state index contributed by atoms with van der Waals surface area (Å²) in [7, 11) is 1.27. The van der Waals surface area contributed by atoms with Crippen LogP contribution in [0.15, 0.2) is 18.2 Å². The summed E-state index contributed by atoms with van der Waals surface area (Å²) >= 11 is 5.72. The van der Waals surface area contributed by atoms with Crippen LogP contribution in [0.2, 0.25) is 5.02 Å². The molecule has 0 saturated carbocycles. The summed E-state index contributed by atoms with van der Waals surface area (Å²) in [6.45, 7) is -1.13. The quantitative estimate of drug-likeness (QED) is 0.652. The van der Waals surface area contributed by atoms with Crippen LogP contribution in [0.25, 0.3) is 0 Å². The zero-order valence-electron chi connectivity index (χ0n) is 8.98. The van der Waals surface area contributed by atoms with Crippen LogP contribution in [0.3, 0.4) is 0 Å². The molecule has 0 saturated heterocycles. The maximum absolute atomic E-state index is 12.3. The van der Waals surface area contributed by atoms with Gasteiger partial charge in [-0.1, -0.05) is 11.6 Å². The number of nitrogens with two attached hydrogens (primary N) is 1. The lowest BCUT2D eigenvalue weighted by Crippen LogP contribution is -2.32. The fraction of sp³-hybridized carbons (Fsp3) is 0.300. The van der Waals surface area contributed by atoms with Crippen molar-refractivity contribution >= 4 is 23.1 Å². The lowest BCUT2D eigenvalue weighted by atomic mass is 10.1. The smallest absolute Gasteiger partial charge is 0.384 e. The zero-order chi connectivity index (χ0) is 13.2. The highest BCUT2D eigenvalue weighted by atomic mass is 35.5. The van der Waals surface area contributed by atoms with E-state index in [2.05, 4.69) is 0 Å². The number of anilines is 1. The van der Waals surface area contributed by atoms with E-state index in [4.69, 9.17) is 22.7 Å². The normalized spacial score (nSPS) is 11.4. The zero-order valence-corrected chi connectivity index (χ0v) is 9.73. The fourth-order valence-electron chi connectivity index (χ4n) is 1.40. The first-order chi connectivity index (χ1) is 7.70. The molecule has 0 unspecified atom stereocenters. The summed E-state index contributed by atoms with van der Waals surface area (Å²) in [4.78, 5) is 0.961. The van der Waals surface area contributed by atoms with Crippen molar-refractivity contribution < 1.29 is 13.2 Å². The molecule has 1 aromatic rings. The molecule has 0 fully saturated rings. The van der Waals surface area contributed by atoms with Crippen molar-refractivity contribution in [1.29, 1.82) is 5.41 Å². The number of alkyl halides is 3. The number of benzene rings is 1. The first kappa shape index (κ1) is 13.6. The number of halogens is 4. The van der Waals surface area contributed by atoms with Crippen molar-refractivity contribution in [2.75, 3.05) is 18.5 Å². The first-order valence-electron chi connectivity index (χ1n) is 4.62. The Labute approximate surface area is 101 Å². The highest BCUT2D eigenvalue weighted by Crippen LogP contribution is 2.26. The summed E-state index contributed by atoms with van der Waals surface area (Å²) in [5, 5.41) is 7.59. The molecule has 0 aliphatic rings. The van der Waals surface area contributed by atoms with Gasteiger partial charge in [0.05, 0.1) is 0 Å². The van der Waals surface area contributed by atoms with Crippen LogP contribution in [-0.2, 0) is 0 Å². The molecule has 94 valence electrons. The summed E-state index contributed by atoms with van der Waals surface area (Å²) in [5.41, 5.74) is 5.70. The number of rotatable bonds is 3. The van der Waals surface area contributed by atoms with Crippen LogP contribution in [0, 0.1) is 5.41 Å². The summed E-state index contributed by atoms with van der Waals surface area (Å²) in [6, 6.07) is 4.25. The van der Waals surface area contributed by atoms with E-state index in [1.54, 1.807) is 0 Å². The number of nitrogen functional groups attached to an aromatic ring is 1. The van der Waals surface area contributed by atoms with E-state index < -0.39 is 12.7 Å². The highest BCUT2D eigenvalue weighted by Gasteiger charge is 2.30. The Morgan fingerprint density at radius 2 is 2.06 bits per heavy atom. The van der Waals surface area contributed by atoms with Gasteiger partial charge in [-0.25, -0.2) is 0 Å². The van der Waals surface area contributed by atoms with Crippen LogP contribution in [0.4, 0.5) is 18.9 Å². The Hall–Kier alpha value is -1.43. The molecule has 0 atom stereocenters. The van der Waals surface area contributed by atoms with Gasteiger partial charge < -0.3 is 10.6 Å². The van der Waals surface area contributed by atoms with Gasteiger partial charge in [-0.15, -0.1) is 0 Å². The van der Waals surface area contributed by atoms with Crippen LogP contribution < -0.4 is 10.6 Å². The van der Waals surface area contributed by atoms with Crippen LogP contribution >= 0.6 is 11.6 Å². The average molecular weight is 266 g/mol. The Bertz CT molecular complexity index is 431. The lowest BCUT2D eigenvalue weighted by molar-refractivity contribution is -0.119. The second-order valence-electron chi connectivity index (χ2n) is 3.55. The van der Waals surface area contributed by atoms with Crippen LogP contribution in [0.5, 0.6) is 0 Å². The molecule has 7 heteroatoms. The molecule has 0 spiro atoms. The molecular formula is C10H11ClF3N3. The largest absolute Gasteiger partial charge is 0.405 e. The third-order valence-corrected chi connectivity index (χ3v) is 2.31. The molecule has 0 aliphatic heterocycles. The van der Waals surface area contributed by atoms with E-state index in [0.717, 1.165) is 4.90 Å². The van der Waals surface area contributed by atoms with E-state index in [1.807, 2.05) is 0 Å². The maximum atomic E-state index is 12.3. The first-order valence-corrected chi connectivity index (χ1v) is 5.00. The van der Waals surface area contributed by atoms with Gasteiger partial charge in [-0.3, -0.25) is 5.41 Å². The molecule has 0 aromatic heterocycles. The molecule has 3 N–H and O–H groups in total. The van der Waals surface area contributed by atoms with Crippen molar-refractivity contribution in [1.82, 2.24) is 0 Å². The maximum Gasteiger partial charge on any atom is 0.405 e. The lowest BCUT2D eigenvalue weighted by Gasteiger charge is -2.23. The van der Waals surface area contributed by atoms with Gasteiger partial charge in [-0.2, -0.15) is 13.2 Å². The average Bonchev–Trinajstić information content (AvgIpc) is 2.14. The molecule has 1 rings (SSSR count). The monoisotopic (exact) mass is 265 g/mol. The molecular weight excluding hydrogens is 255 g/mol. The predicted octanol–water partition coefficient (Wildman–Crippen LogP) is 2.62. The molecule has 1 aromatic carbocycles. The van der Waals surface area contributed by atoms with Crippen molar-refractivity contribution in [2.45, 2.75) is 6.18 Å². The van der Waals surface area contributed by atoms with Gasteiger partial charge in [0, 0.05) is 23.3 Å². The summed E-state index contributed by atoms with van der Waals surface area (Å²) in [5.74, 6) is -0.300. The van der Waals surface area contributed by atoms with E-state index in [9.17, 15) is 13.2 Å². The summed E-state index contributed by atoms with van der Waals surface area (Å²) in [6.07, 6.45) is -4.33. The minimum atomic E-state index is -4.33. The molecule has 0 radical (unpaired) electrons. The van der Waals surface area contributed by atoms with Crippen molar-refractivity contribution in [3.8, 4) is 0 Å². The predicted molar refractivity (Wildman–Crippen MR) is 61.8 cm³/mol. The second-order valence-corrected chi connectivity index (χ2v) is 3.98. The van der Waals surface area contributed by atoms with E-state index in [0.29, 0.717) is 5.02 Å². The molecule has 3 nitrogen and oxygen atoms in total. The Morgan fingerprint density at radius 1 is 1.47 bits per heavy atom. The number of hydrogen-bond acceptors (Lipinski definition) is 2. The molecule has 0 aliphatic carbocycles. The second kappa shape index (κ2) is 4.83. The van der Waals surface area contributed by atoms with Gasteiger partial charge in [0.2, 0.25) is 0 Å². The van der Waals surface area contributed by atoms with E-state index in [-0.39, 0.29) is 17.1 Å². The van der Waals surface area contributed by atoms with Gasteiger partial charge >= 0.3 is 6.18 Å². The van der Waals surface area contributed by atoms with Gasteiger partial charge in [0.1, 0.15) is 12.4 Å². The molecule has 17 heavy (non-hydrogen) atoms. The van der Waals surface area contributed by atoms with Crippen molar-refractivity contribution in [2.24, 2.45) is 5.73 Å². The number of nitrogens with one attached hydrogen (secondary N) is 1. The third-order valence-electron chi connectivity index (χ3n) is 2.08. The third kappa shape index (κ3) is 3.81. The van der Waals surface area contributed by atoms with Crippen LogP contribution in [0.1, 0.15) is 5.56 Å². The number of hydrogen-bond donors (Lipinski definition) is 2. The minimum absolute atomic E-state index is 0.183. The minimum Gasteiger partial charge on any atom is -0.384 e. The van der Waals surface area contributed by atoms with Gasteiger partial charge in [-0.05, 0) is 18.2 Å². The van der Waals surface area contributed by atoms with E-state index in [1.165, 1.54) is 25.2 Å². The molecule has 0 amide bonds. The Kier molecular flexibility index (Phi) is 3.87. The Morgan fingerprint density at radius 3 is 2.53 bits per heavy atom. The van der Waals surface area contributed by atoms with Gasteiger partial charge in [0.15, 0.2) is 0 Å². The number of amidine groups is 1. The van der Waals surface area contributed by atoms with E-state index >= 15 is 0 Å². The molecule has 0 bridgehead atoms. The van der Waals surface area contributed by atoms with Crippen molar-refractivity contribution in [3.63, 3.8) is 0 Å². The van der Waals surface area contributed by atoms with Crippen molar-refractivity contribution in [3.05, 3.63) is 28.8 Å². The van der Waals surface area contributed by atoms with Gasteiger partial charge in [0.25, 0.3) is 0 Å². The number of nitrogens with zero attached hydrogens (tertiary/aromatic N) is 1. The van der Waals surface area contributed by atoms with Crippen LogP contribution in [-0.4, -0.2) is 25.6 Å². The topological polar surface area (TPSA) is 53.1 Å². The summed E-state index contributed by atoms with van der Waals surface area (Å²) < 4.78 is 36.8.